The summed E-state index contributed by atoms with van der Waals surface area (Å²) < 4.78 is 29.9. The van der Waals surface area contributed by atoms with E-state index in [1.54, 1.807) is 19.1 Å². The van der Waals surface area contributed by atoms with E-state index in [9.17, 15) is 18.4 Å². The number of alkyl halides is 2. The number of carbonyl (C=O) groups excluding carboxylic acids is 2. The fourth-order valence-corrected chi connectivity index (χ4v) is 2.88. The van der Waals surface area contributed by atoms with Crippen LogP contribution in [0.3, 0.4) is 0 Å². The van der Waals surface area contributed by atoms with Crippen molar-refractivity contribution in [2.24, 2.45) is 0 Å². The quantitative estimate of drug-likeness (QED) is 0.689. The van der Waals surface area contributed by atoms with Crippen molar-refractivity contribution < 1.29 is 23.1 Å². The lowest BCUT2D eigenvalue weighted by Gasteiger charge is -2.29. The van der Waals surface area contributed by atoms with E-state index in [1.165, 1.54) is 23.1 Å². The lowest BCUT2D eigenvalue weighted by molar-refractivity contribution is -0.117. The Bertz CT molecular complexity index is 871. The highest BCUT2D eigenvalue weighted by molar-refractivity contribution is 6.01. The molecule has 2 rings (SSSR count). The topological polar surface area (TPSA) is 58.6 Å². The van der Waals surface area contributed by atoms with Gasteiger partial charge in [0.2, 0.25) is 5.91 Å². The molecule has 0 heterocycles. The molecular weight excluding hydrogens is 378 g/mol. The molecule has 2 aromatic carbocycles. The minimum absolute atomic E-state index is 0.00682. The maximum atomic E-state index is 13.1. The van der Waals surface area contributed by atoms with Gasteiger partial charge in [-0.05, 0) is 56.5 Å². The molecule has 0 fully saturated rings. The lowest BCUT2D eigenvalue weighted by Crippen LogP contribution is -2.43. The maximum absolute atomic E-state index is 13.1. The number of aryl methyl sites for hydroxylation is 1. The van der Waals surface area contributed by atoms with E-state index in [-0.39, 0.29) is 29.8 Å². The number of anilines is 1. The molecule has 0 aliphatic heterocycles. The zero-order valence-electron chi connectivity index (χ0n) is 17.0. The van der Waals surface area contributed by atoms with Gasteiger partial charge in [-0.15, -0.1) is 0 Å². The van der Waals surface area contributed by atoms with E-state index in [0.29, 0.717) is 12.1 Å². The van der Waals surface area contributed by atoms with Crippen LogP contribution in [0.1, 0.15) is 41.8 Å². The molecule has 156 valence electrons. The smallest absolute Gasteiger partial charge is 0.387 e. The van der Waals surface area contributed by atoms with Gasteiger partial charge in [0.05, 0.1) is 5.56 Å². The number of halogens is 2. The largest absolute Gasteiger partial charge is 0.434 e. The number of ether oxygens (including phenoxy) is 1. The van der Waals surface area contributed by atoms with Gasteiger partial charge in [-0.3, -0.25) is 9.59 Å². The first kappa shape index (κ1) is 22.3. The van der Waals surface area contributed by atoms with Crippen LogP contribution in [0.5, 0.6) is 5.75 Å². The van der Waals surface area contributed by atoms with Crippen molar-refractivity contribution >= 4 is 17.5 Å². The molecule has 0 bridgehead atoms. The van der Waals surface area contributed by atoms with Gasteiger partial charge >= 0.3 is 6.61 Å². The molecule has 0 saturated heterocycles. The first-order chi connectivity index (χ1) is 13.7. The minimum Gasteiger partial charge on any atom is -0.434 e. The number of hydrogen-bond acceptors (Lipinski definition) is 3. The number of hydrogen-bond donors (Lipinski definition) is 1. The van der Waals surface area contributed by atoms with Crippen molar-refractivity contribution in [1.82, 2.24) is 4.90 Å². The van der Waals surface area contributed by atoms with Crippen molar-refractivity contribution in [2.45, 2.75) is 46.8 Å². The summed E-state index contributed by atoms with van der Waals surface area (Å²) in [6, 6.07) is 11.1. The summed E-state index contributed by atoms with van der Waals surface area (Å²) in [7, 11) is 0. The molecule has 0 spiro atoms. The molecule has 0 saturated carbocycles. The highest BCUT2D eigenvalue weighted by Gasteiger charge is 2.26. The Morgan fingerprint density at radius 3 is 2.45 bits per heavy atom. The number of para-hydroxylation sites is 1. The fourth-order valence-electron chi connectivity index (χ4n) is 2.88. The third-order valence-corrected chi connectivity index (χ3v) is 4.91. The van der Waals surface area contributed by atoms with Crippen LogP contribution in [0.25, 0.3) is 0 Å². The predicted molar refractivity (Wildman–Crippen MR) is 108 cm³/mol. The standard InChI is InChI=1S/C22H26F2N2O3/c1-5-15(3)26(13-20(27)25-18-11-8-9-14(2)16(18)4)21(28)17-10-6-7-12-19(17)29-22(23)24/h6-12,15,22H,5,13H2,1-4H3,(H,25,27). The summed E-state index contributed by atoms with van der Waals surface area (Å²) in [5.41, 5.74) is 2.65. The molecule has 0 aliphatic carbocycles. The molecule has 0 aliphatic rings. The van der Waals surface area contributed by atoms with Gasteiger partial charge in [-0.2, -0.15) is 8.78 Å². The number of nitrogens with one attached hydrogen (secondary N) is 1. The van der Waals surface area contributed by atoms with Gasteiger partial charge in [-0.1, -0.05) is 31.2 Å². The van der Waals surface area contributed by atoms with Gasteiger partial charge in [0, 0.05) is 11.7 Å². The van der Waals surface area contributed by atoms with Crippen LogP contribution >= 0.6 is 0 Å². The Morgan fingerprint density at radius 1 is 1.10 bits per heavy atom. The second-order valence-corrected chi connectivity index (χ2v) is 6.86. The first-order valence-corrected chi connectivity index (χ1v) is 9.45. The number of benzene rings is 2. The normalized spacial score (nSPS) is 11.8. The Kier molecular flexibility index (Phi) is 7.70. The number of carbonyl (C=O) groups is 2. The molecule has 5 nitrogen and oxygen atoms in total. The summed E-state index contributed by atoms with van der Waals surface area (Å²) in [4.78, 5) is 27.1. The highest BCUT2D eigenvalue weighted by Crippen LogP contribution is 2.24. The van der Waals surface area contributed by atoms with E-state index in [0.717, 1.165) is 11.1 Å². The number of rotatable bonds is 8. The Hall–Kier alpha value is -2.96. The SMILES string of the molecule is CCC(C)N(CC(=O)Nc1cccc(C)c1C)C(=O)c1ccccc1OC(F)F. The van der Waals surface area contributed by atoms with Crippen LogP contribution in [-0.4, -0.2) is 35.9 Å². The second-order valence-electron chi connectivity index (χ2n) is 6.86. The zero-order chi connectivity index (χ0) is 21.6. The van der Waals surface area contributed by atoms with Gasteiger partial charge in [0.1, 0.15) is 12.3 Å². The van der Waals surface area contributed by atoms with Crippen molar-refractivity contribution in [2.75, 3.05) is 11.9 Å². The van der Waals surface area contributed by atoms with E-state index in [2.05, 4.69) is 10.1 Å². The van der Waals surface area contributed by atoms with Crippen LogP contribution in [-0.2, 0) is 4.79 Å². The monoisotopic (exact) mass is 404 g/mol. The summed E-state index contributed by atoms with van der Waals surface area (Å²) in [5, 5.41) is 2.83. The lowest BCUT2D eigenvalue weighted by atomic mass is 10.1. The molecule has 1 N–H and O–H groups in total. The van der Waals surface area contributed by atoms with Crippen LogP contribution in [0.15, 0.2) is 42.5 Å². The average molecular weight is 404 g/mol. The molecule has 0 radical (unpaired) electrons. The summed E-state index contributed by atoms with van der Waals surface area (Å²) >= 11 is 0. The Labute approximate surface area is 169 Å². The highest BCUT2D eigenvalue weighted by atomic mass is 19.3. The van der Waals surface area contributed by atoms with Crippen molar-refractivity contribution in [3.63, 3.8) is 0 Å². The number of nitrogens with zero attached hydrogens (tertiary/aromatic N) is 1. The Balaban J connectivity index is 2.25. The summed E-state index contributed by atoms with van der Waals surface area (Å²) in [6.45, 7) is 4.29. The van der Waals surface area contributed by atoms with Crippen molar-refractivity contribution in [3.8, 4) is 5.75 Å². The first-order valence-electron chi connectivity index (χ1n) is 9.45. The van der Waals surface area contributed by atoms with Gasteiger partial charge < -0.3 is 15.0 Å². The maximum Gasteiger partial charge on any atom is 0.387 e. The number of amides is 2. The molecule has 1 atom stereocenters. The van der Waals surface area contributed by atoms with E-state index >= 15 is 0 Å². The molecular formula is C22H26F2N2O3. The molecule has 7 heteroatoms. The summed E-state index contributed by atoms with van der Waals surface area (Å²) in [6.07, 6.45) is 0.598. The molecule has 29 heavy (non-hydrogen) atoms. The van der Waals surface area contributed by atoms with Crippen LogP contribution in [0.2, 0.25) is 0 Å². The Morgan fingerprint density at radius 2 is 1.79 bits per heavy atom. The zero-order valence-corrected chi connectivity index (χ0v) is 17.0. The van der Waals surface area contributed by atoms with Crippen LogP contribution in [0, 0.1) is 13.8 Å². The third kappa shape index (κ3) is 5.76. The van der Waals surface area contributed by atoms with Crippen molar-refractivity contribution in [3.05, 3.63) is 59.2 Å². The molecule has 2 amide bonds. The van der Waals surface area contributed by atoms with E-state index in [1.807, 2.05) is 32.9 Å². The van der Waals surface area contributed by atoms with Gasteiger partial charge in [0.15, 0.2) is 0 Å². The minimum atomic E-state index is -3.05. The fraction of sp³-hybridized carbons (Fsp3) is 0.364. The molecule has 0 aromatic heterocycles. The van der Waals surface area contributed by atoms with E-state index in [4.69, 9.17) is 0 Å². The predicted octanol–water partition coefficient (Wildman–Crippen LogP) is 4.78. The third-order valence-electron chi connectivity index (χ3n) is 4.91. The van der Waals surface area contributed by atoms with Crippen LogP contribution < -0.4 is 10.1 Å². The summed E-state index contributed by atoms with van der Waals surface area (Å²) in [5.74, 6) is -1.11. The van der Waals surface area contributed by atoms with E-state index < -0.39 is 12.5 Å². The average Bonchev–Trinajstić information content (AvgIpc) is 2.68. The second kappa shape index (κ2) is 10.0. The van der Waals surface area contributed by atoms with Gasteiger partial charge in [-0.25, -0.2) is 0 Å². The van der Waals surface area contributed by atoms with Crippen molar-refractivity contribution in [1.29, 1.82) is 0 Å². The molecule has 2 aromatic rings. The van der Waals surface area contributed by atoms with Gasteiger partial charge in [0.25, 0.3) is 5.91 Å². The van der Waals surface area contributed by atoms with Crippen LogP contribution in [0.4, 0.5) is 14.5 Å². The molecule has 1 unspecified atom stereocenters.